The molecule has 0 amide bonds. The molecule has 7 nitrogen and oxygen atoms in total. The van der Waals surface area contributed by atoms with Crippen LogP contribution in [0, 0.1) is 0 Å². The van der Waals surface area contributed by atoms with Crippen molar-refractivity contribution in [3.05, 3.63) is 29.8 Å². The van der Waals surface area contributed by atoms with Gasteiger partial charge in [-0.15, -0.1) is 0 Å². The third kappa shape index (κ3) is 6.38. The second-order valence-corrected chi connectivity index (χ2v) is 9.08. The van der Waals surface area contributed by atoms with E-state index in [1.165, 1.54) is 4.31 Å². The number of rotatable bonds is 9. The van der Waals surface area contributed by atoms with Crippen molar-refractivity contribution in [1.82, 2.24) is 19.8 Å². The highest BCUT2D eigenvalue weighted by atomic mass is 32.2. The predicted octanol–water partition coefficient (Wildman–Crippen LogP) is 1.57. The molecule has 0 unspecified atom stereocenters. The van der Waals surface area contributed by atoms with Crippen molar-refractivity contribution >= 4 is 27.4 Å². The van der Waals surface area contributed by atoms with Gasteiger partial charge in [0.1, 0.15) is 0 Å². The molecule has 0 spiro atoms. The molecule has 1 heterocycles. The van der Waals surface area contributed by atoms with Crippen LogP contribution in [0.1, 0.15) is 32.4 Å². The van der Waals surface area contributed by atoms with Crippen molar-refractivity contribution in [1.29, 1.82) is 0 Å². The van der Waals surface area contributed by atoms with Crippen LogP contribution in [0.15, 0.2) is 29.2 Å². The van der Waals surface area contributed by atoms with E-state index in [4.69, 9.17) is 17.0 Å². The fourth-order valence-electron chi connectivity index (χ4n) is 3.12. The van der Waals surface area contributed by atoms with E-state index >= 15 is 0 Å². The van der Waals surface area contributed by atoms with Crippen LogP contribution in [0.25, 0.3) is 0 Å². The molecular weight excluding hydrogens is 396 g/mol. The highest BCUT2D eigenvalue weighted by Crippen LogP contribution is 2.19. The molecule has 1 aliphatic rings. The zero-order chi connectivity index (χ0) is 20.6. The second-order valence-electron chi connectivity index (χ2n) is 6.73. The molecule has 0 radical (unpaired) electrons. The Bertz CT molecular complexity index is 715. The van der Waals surface area contributed by atoms with Crippen molar-refractivity contribution in [3.63, 3.8) is 0 Å². The maximum atomic E-state index is 12.6. The largest absolute Gasteiger partial charge is 0.379 e. The first-order chi connectivity index (χ1) is 13.4. The molecule has 2 N–H and O–H groups in total. The number of hydrogen-bond donors (Lipinski definition) is 2. The van der Waals surface area contributed by atoms with Crippen LogP contribution in [0.3, 0.4) is 0 Å². The summed E-state index contributed by atoms with van der Waals surface area (Å²) in [5, 5.41) is 7.08. The molecule has 1 saturated heterocycles. The van der Waals surface area contributed by atoms with Gasteiger partial charge in [-0.1, -0.05) is 26.0 Å². The van der Waals surface area contributed by atoms with E-state index in [0.717, 1.165) is 45.0 Å². The standard InChI is InChI=1S/C19H32N4O3S2/c1-4-23(5-2)28(24,25)18-8-6-17(7-9-18)16(3)21-19(27)20-10-11-22-12-14-26-15-13-22/h6-9,16H,4-5,10-15H2,1-3H3,(H2,20,21,27)/t16-/m0/s1. The molecule has 0 bridgehead atoms. The molecule has 0 aromatic heterocycles. The molecule has 1 atom stereocenters. The molecule has 9 heteroatoms. The molecule has 1 aliphatic heterocycles. The maximum absolute atomic E-state index is 12.6. The fraction of sp³-hybridized carbons (Fsp3) is 0.632. The number of morpholine rings is 1. The summed E-state index contributed by atoms with van der Waals surface area (Å²) in [6.45, 7) is 11.8. The number of sulfonamides is 1. The van der Waals surface area contributed by atoms with Crippen molar-refractivity contribution in [2.75, 3.05) is 52.5 Å². The zero-order valence-corrected chi connectivity index (χ0v) is 18.6. The lowest BCUT2D eigenvalue weighted by Crippen LogP contribution is -2.44. The van der Waals surface area contributed by atoms with Gasteiger partial charge in [0.05, 0.1) is 24.2 Å². The molecule has 1 aromatic carbocycles. The van der Waals surface area contributed by atoms with Gasteiger partial charge in [-0.05, 0) is 36.8 Å². The summed E-state index contributed by atoms with van der Waals surface area (Å²) >= 11 is 5.38. The molecule has 2 rings (SSSR count). The van der Waals surface area contributed by atoms with E-state index in [1.54, 1.807) is 12.1 Å². The van der Waals surface area contributed by atoms with Gasteiger partial charge in [-0.2, -0.15) is 4.31 Å². The van der Waals surface area contributed by atoms with E-state index in [1.807, 2.05) is 32.9 Å². The van der Waals surface area contributed by atoms with E-state index in [-0.39, 0.29) is 6.04 Å². The van der Waals surface area contributed by atoms with E-state index in [9.17, 15) is 8.42 Å². The summed E-state index contributed by atoms with van der Waals surface area (Å²) in [6, 6.07) is 6.98. The monoisotopic (exact) mass is 428 g/mol. The van der Waals surface area contributed by atoms with Crippen LogP contribution >= 0.6 is 12.2 Å². The molecule has 0 aliphatic carbocycles. The topological polar surface area (TPSA) is 73.9 Å². The van der Waals surface area contributed by atoms with Gasteiger partial charge in [0, 0.05) is 39.3 Å². The number of benzene rings is 1. The summed E-state index contributed by atoms with van der Waals surface area (Å²) in [5.74, 6) is 0. The second kappa shape index (κ2) is 11.1. The Balaban J connectivity index is 1.84. The molecule has 1 aromatic rings. The van der Waals surface area contributed by atoms with Gasteiger partial charge < -0.3 is 15.4 Å². The Morgan fingerprint density at radius 3 is 2.39 bits per heavy atom. The predicted molar refractivity (Wildman–Crippen MR) is 116 cm³/mol. The molecule has 158 valence electrons. The Kier molecular flexibility index (Phi) is 9.10. The van der Waals surface area contributed by atoms with Crippen molar-refractivity contribution in [2.45, 2.75) is 31.7 Å². The first-order valence-corrected chi connectivity index (χ1v) is 11.7. The van der Waals surface area contributed by atoms with E-state index in [2.05, 4.69) is 15.5 Å². The Morgan fingerprint density at radius 2 is 1.82 bits per heavy atom. The average molecular weight is 429 g/mol. The summed E-state index contributed by atoms with van der Waals surface area (Å²) < 4.78 is 31.9. The maximum Gasteiger partial charge on any atom is 0.243 e. The normalized spacial score (nSPS) is 16.7. The van der Waals surface area contributed by atoms with Crippen LogP contribution < -0.4 is 10.6 Å². The number of thiocarbonyl (C=S) groups is 1. The van der Waals surface area contributed by atoms with Crippen LogP contribution in [0.2, 0.25) is 0 Å². The van der Waals surface area contributed by atoms with Crippen LogP contribution in [-0.2, 0) is 14.8 Å². The minimum Gasteiger partial charge on any atom is -0.379 e. The molecule has 0 saturated carbocycles. The molecule has 1 fully saturated rings. The Labute approximate surface area is 174 Å². The highest BCUT2D eigenvalue weighted by Gasteiger charge is 2.21. The Hall–Kier alpha value is -1.26. The van der Waals surface area contributed by atoms with Crippen molar-refractivity contribution in [2.24, 2.45) is 0 Å². The average Bonchev–Trinajstić information content (AvgIpc) is 2.69. The van der Waals surface area contributed by atoms with Crippen LogP contribution in [0.5, 0.6) is 0 Å². The van der Waals surface area contributed by atoms with Gasteiger partial charge in [-0.3, -0.25) is 4.90 Å². The summed E-state index contributed by atoms with van der Waals surface area (Å²) in [4.78, 5) is 2.66. The first kappa shape index (κ1) is 23.0. The number of ether oxygens (including phenoxy) is 1. The lowest BCUT2D eigenvalue weighted by molar-refractivity contribution is 0.0389. The van der Waals surface area contributed by atoms with Crippen molar-refractivity contribution in [3.8, 4) is 0 Å². The minimum absolute atomic E-state index is 0.0198. The van der Waals surface area contributed by atoms with Crippen LogP contribution in [0.4, 0.5) is 0 Å². The van der Waals surface area contributed by atoms with Gasteiger partial charge in [0.25, 0.3) is 0 Å². The summed E-state index contributed by atoms with van der Waals surface area (Å²) in [7, 11) is -3.43. The number of nitrogens with zero attached hydrogens (tertiary/aromatic N) is 2. The quantitative estimate of drug-likeness (QED) is 0.579. The summed E-state index contributed by atoms with van der Waals surface area (Å²) in [5.41, 5.74) is 0.982. The van der Waals surface area contributed by atoms with E-state index < -0.39 is 10.0 Å². The molecule has 28 heavy (non-hydrogen) atoms. The van der Waals surface area contributed by atoms with Gasteiger partial charge in [0.15, 0.2) is 5.11 Å². The minimum atomic E-state index is -3.43. The SMILES string of the molecule is CCN(CC)S(=O)(=O)c1ccc([C@H](C)NC(=S)NCCN2CCOCC2)cc1. The first-order valence-electron chi connectivity index (χ1n) is 9.83. The lowest BCUT2D eigenvalue weighted by atomic mass is 10.1. The van der Waals surface area contributed by atoms with Gasteiger partial charge in [0.2, 0.25) is 10.0 Å². The Morgan fingerprint density at radius 1 is 1.21 bits per heavy atom. The number of hydrogen-bond acceptors (Lipinski definition) is 5. The van der Waals surface area contributed by atoms with E-state index in [0.29, 0.717) is 23.1 Å². The zero-order valence-electron chi connectivity index (χ0n) is 17.0. The highest BCUT2D eigenvalue weighted by molar-refractivity contribution is 7.89. The smallest absolute Gasteiger partial charge is 0.243 e. The van der Waals surface area contributed by atoms with Gasteiger partial charge in [-0.25, -0.2) is 8.42 Å². The fourth-order valence-corrected chi connectivity index (χ4v) is 4.86. The summed E-state index contributed by atoms with van der Waals surface area (Å²) in [6.07, 6.45) is 0. The number of nitrogens with one attached hydrogen (secondary N) is 2. The van der Waals surface area contributed by atoms with Gasteiger partial charge >= 0.3 is 0 Å². The van der Waals surface area contributed by atoms with Crippen molar-refractivity contribution < 1.29 is 13.2 Å². The lowest BCUT2D eigenvalue weighted by Gasteiger charge is -2.27. The van der Waals surface area contributed by atoms with Crippen LogP contribution in [-0.4, -0.2) is 75.2 Å². The third-order valence-electron chi connectivity index (χ3n) is 4.89. The third-order valence-corrected chi connectivity index (χ3v) is 7.21. The molecular formula is C19H32N4O3S2.